The van der Waals surface area contributed by atoms with Gasteiger partial charge in [-0.25, -0.2) is 0 Å². The summed E-state index contributed by atoms with van der Waals surface area (Å²) in [6, 6.07) is 67.4. The van der Waals surface area contributed by atoms with Crippen molar-refractivity contribution >= 4 is 11.1 Å². The van der Waals surface area contributed by atoms with Crippen molar-refractivity contribution in [2.24, 2.45) is 0 Å². The van der Waals surface area contributed by atoms with Crippen molar-refractivity contribution in [2.45, 2.75) is 22.7 Å². The van der Waals surface area contributed by atoms with Gasteiger partial charge in [0, 0.05) is 17.3 Å². The van der Waals surface area contributed by atoms with Crippen LogP contribution in [0.15, 0.2) is 182 Å². The monoisotopic (exact) mass is 536 g/mol. The molecule has 0 aromatic heterocycles. The van der Waals surface area contributed by atoms with E-state index in [1.165, 1.54) is 44.5 Å². The molecule has 0 spiro atoms. The van der Waals surface area contributed by atoms with Gasteiger partial charge in [0.25, 0.3) is 0 Å². The van der Waals surface area contributed by atoms with Crippen LogP contribution in [-0.4, -0.2) is 0 Å². The van der Waals surface area contributed by atoms with E-state index in [0.29, 0.717) is 11.8 Å². The van der Waals surface area contributed by atoms with Crippen molar-refractivity contribution in [3.05, 3.63) is 215 Å². The molecule has 0 heterocycles. The number of hydrogen-bond acceptors (Lipinski definition) is 0. The summed E-state index contributed by atoms with van der Waals surface area (Å²) in [5.74, 6) is 0.590. The molecule has 0 radical (unpaired) electrons. The van der Waals surface area contributed by atoms with Crippen LogP contribution >= 0.6 is 0 Å². The van der Waals surface area contributed by atoms with Crippen LogP contribution in [0, 0.1) is 0 Å². The lowest BCUT2D eigenvalue weighted by Gasteiger charge is -2.35. The molecule has 2 aliphatic rings. The molecule has 0 saturated heterocycles. The molecule has 1 fully saturated rings. The second kappa shape index (κ2) is 9.86. The molecule has 2 aliphatic carbocycles. The lowest BCUT2D eigenvalue weighted by molar-refractivity contribution is 0.535. The van der Waals surface area contributed by atoms with Crippen LogP contribution in [-0.2, 0) is 10.8 Å². The molecular formula is C42H32. The molecule has 0 heteroatoms. The Labute approximate surface area is 248 Å². The second-order valence-corrected chi connectivity index (χ2v) is 11.6. The Morgan fingerprint density at radius 3 is 1.00 bits per heavy atom. The maximum absolute atomic E-state index is 2.38. The third-order valence-corrected chi connectivity index (χ3v) is 9.66. The van der Waals surface area contributed by atoms with Gasteiger partial charge >= 0.3 is 0 Å². The van der Waals surface area contributed by atoms with Gasteiger partial charge in [0.05, 0.1) is 5.41 Å². The largest absolute Gasteiger partial charge is 0.0622 e. The lowest BCUT2D eigenvalue weighted by atomic mass is 9.65. The number of benzene rings is 6. The molecule has 0 N–H and O–H groups in total. The summed E-state index contributed by atoms with van der Waals surface area (Å²) in [5, 5.41) is 0. The molecule has 0 aliphatic heterocycles. The molecule has 1 saturated carbocycles. The first kappa shape index (κ1) is 24.8. The Balaban J connectivity index is 1.51. The van der Waals surface area contributed by atoms with Crippen molar-refractivity contribution in [2.75, 3.05) is 0 Å². The Kier molecular flexibility index (Phi) is 5.83. The number of rotatable bonds is 7. The quantitative estimate of drug-likeness (QED) is 0.190. The maximum atomic E-state index is 2.38. The highest BCUT2D eigenvalue weighted by molar-refractivity contribution is 6.21. The molecule has 8 rings (SSSR count). The molecule has 1 unspecified atom stereocenters. The Bertz CT molecular complexity index is 1700. The van der Waals surface area contributed by atoms with Gasteiger partial charge in [-0.2, -0.15) is 0 Å². The van der Waals surface area contributed by atoms with Gasteiger partial charge in [0.1, 0.15) is 0 Å². The fourth-order valence-corrected chi connectivity index (χ4v) is 8.22. The molecule has 200 valence electrons. The van der Waals surface area contributed by atoms with Gasteiger partial charge in [-0.3, -0.25) is 0 Å². The van der Waals surface area contributed by atoms with E-state index < -0.39 is 0 Å². The van der Waals surface area contributed by atoms with Crippen molar-refractivity contribution in [3.63, 3.8) is 0 Å². The maximum Gasteiger partial charge on any atom is 0.0578 e. The van der Waals surface area contributed by atoms with Gasteiger partial charge in [0.2, 0.25) is 0 Å². The number of hydrogen-bond donors (Lipinski definition) is 0. The zero-order valence-corrected chi connectivity index (χ0v) is 23.5. The fraction of sp³-hybridized carbons (Fsp3) is 0.0952. The first-order valence-electron chi connectivity index (χ1n) is 15.0. The van der Waals surface area contributed by atoms with Gasteiger partial charge in [0.15, 0.2) is 0 Å². The van der Waals surface area contributed by atoms with Crippen LogP contribution in [0.4, 0.5) is 0 Å². The predicted octanol–water partition coefficient (Wildman–Crippen LogP) is 10.1. The molecule has 0 bridgehead atoms. The highest BCUT2D eigenvalue weighted by atomic mass is 14.8. The van der Waals surface area contributed by atoms with Gasteiger partial charge < -0.3 is 0 Å². The highest BCUT2D eigenvalue weighted by Gasteiger charge is 2.82. The van der Waals surface area contributed by atoms with Crippen molar-refractivity contribution in [3.8, 4) is 0 Å². The SMILES string of the molecule is c1ccc(C2=C(c3ccccc3)C2(c2ccccc2)C2(c3ccccc3)[C@H](c3ccccc3)[C@@H]2c2ccccc2)cc1. The second-order valence-electron chi connectivity index (χ2n) is 11.6. The average molecular weight is 537 g/mol. The Hall–Kier alpha value is -4.94. The molecule has 3 atom stereocenters. The Morgan fingerprint density at radius 1 is 0.310 bits per heavy atom. The summed E-state index contributed by atoms with van der Waals surface area (Å²) >= 11 is 0. The van der Waals surface area contributed by atoms with E-state index in [9.17, 15) is 0 Å². The summed E-state index contributed by atoms with van der Waals surface area (Å²) in [5.41, 5.74) is 10.5. The normalized spacial score (nSPS) is 22.0. The molecule has 0 amide bonds. The van der Waals surface area contributed by atoms with Crippen molar-refractivity contribution in [1.29, 1.82) is 0 Å². The Morgan fingerprint density at radius 2 is 0.619 bits per heavy atom. The lowest BCUT2D eigenvalue weighted by Crippen LogP contribution is -2.34. The van der Waals surface area contributed by atoms with Gasteiger partial charge in [-0.1, -0.05) is 182 Å². The van der Waals surface area contributed by atoms with E-state index in [-0.39, 0.29) is 10.8 Å². The summed E-state index contributed by atoms with van der Waals surface area (Å²) < 4.78 is 0. The van der Waals surface area contributed by atoms with E-state index in [1.807, 2.05) is 0 Å². The van der Waals surface area contributed by atoms with E-state index in [2.05, 4.69) is 182 Å². The summed E-state index contributed by atoms with van der Waals surface area (Å²) in [6.45, 7) is 0. The topological polar surface area (TPSA) is 0 Å². The van der Waals surface area contributed by atoms with Crippen LogP contribution < -0.4 is 0 Å². The van der Waals surface area contributed by atoms with Gasteiger partial charge in [-0.15, -0.1) is 0 Å². The number of allylic oxidation sites excluding steroid dienone is 2. The van der Waals surface area contributed by atoms with Crippen molar-refractivity contribution < 1.29 is 0 Å². The van der Waals surface area contributed by atoms with Crippen LogP contribution in [0.1, 0.15) is 45.2 Å². The first-order valence-corrected chi connectivity index (χ1v) is 15.0. The molecule has 0 nitrogen and oxygen atoms in total. The zero-order valence-electron chi connectivity index (χ0n) is 23.5. The van der Waals surface area contributed by atoms with Crippen LogP contribution in [0.3, 0.4) is 0 Å². The van der Waals surface area contributed by atoms with Crippen molar-refractivity contribution in [1.82, 2.24) is 0 Å². The standard InChI is InChI=1S/C42H32/c1-7-19-31(20-8-1)37-38(32-21-9-2-10-22-32)41(37,35-27-15-5-16-28-35)42(36-29-17-6-18-30-36)39(33-23-11-3-12-24-33)40(42)34-25-13-4-14-26-34/h1-30,37-38H/t37-,38+,41?. The first-order chi connectivity index (χ1) is 20.9. The minimum absolute atomic E-state index is 0.228. The predicted molar refractivity (Wildman–Crippen MR) is 174 cm³/mol. The van der Waals surface area contributed by atoms with Crippen LogP contribution in [0.5, 0.6) is 0 Å². The summed E-state index contributed by atoms with van der Waals surface area (Å²) in [6.07, 6.45) is 0. The smallest absolute Gasteiger partial charge is 0.0578 e. The van der Waals surface area contributed by atoms with E-state index >= 15 is 0 Å². The van der Waals surface area contributed by atoms with E-state index in [0.717, 1.165) is 0 Å². The van der Waals surface area contributed by atoms with E-state index in [4.69, 9.17) is 0 Å². The van der Waals surface area contributed by atoms with Crippen LogP contribution in [0.2, 0.25) is 0 Å². The van der Waals surface area contributed by atoms with E-state index in [1.54, 1.807) is 0 Å². The van der Waals surface area contributed by atoms with Crippen LogP contribution in [0.25, 0.3) is 11.1 Å². The third kappa shape index (κ3) is 3.48. The third-order valence-electron chi connectivity index (χ3n) is 9.66. The van der Waals surface area contributed by atoms with Gasteiger partial charge in [-0.05, 0) is 44.5 Å². The highest BCUT2D eigenvalue weighted by Crippen LogP contribution is 2.87. The summed E-state index contributed by atoms with van der Waals surface area (Å²) in [7, 11) is 0. The molecule has 6 aromatic carbocycles. The molecule has 6 aromatic rings. The fourth-order valence-electron chi connectivity index (χ4n) is 8.22. The minimum atomic E-state index is -0.320. The average Bonchev–Trinajstić information content (AvgIpc) is 3.98. The molecule has 42 heavy (non-hydrogen) atoms. The minimum Gasteiger partial charge on any atom is -0.0622 e. The zero-order chi connectivity index (χ0) is 28.0. The molecular weight excluding hydrogens is 504 g/mol. The summed E-state index contributed by atoms with van der Waals surface area (Å²) in [4.78, 5) is 0.